The molecule has 0 N–H and O–H groups in total. The van der Waals surface area contributed by atoms with Gasteiger partial charge in [0.05, 0.1) is 20.5 Å². The molecule has 3 aromatic rings. The number of nitro groups is 1. The van der Waals surface area contributed by atoms with Crippen LogP contribution in [0.5, 0.6) is 0 Å². The van der Waals surface area contributed by atoms with Crippen LogP contribution in [0.2, 0.25) is 5.02 Å². The van der Waals surface area contributed by atoms with Gasteiger partial charge in [-0.3, -0.25) is 19.8 Å². The number of non-ortho nitro benzene ring substituents is 1. The summed E-state index contributed by atoms with van der Waals surface area (Å²) >= 11 is 12.8. The molecular formula is C21H13ClN2O4S2. The molecule has 30 heavy (non-hydrogen) atoms. The van der Waals surface area contributed by atoms with Crippen molar-refractivity contribution in [2.75, 3.05) is 4.90 Å². The van der Waals surface area contributed by atoms with Gasteiger partial charge in [0.15, 0.2) is 4.32 Å². The van der Waals surface area contributed by atoms with E-state index in [1.807, 2.05) is 31.2 Å². The summed E-state index contributed by atoms with van der Waals surface area (Å²) in [5.74, 6) is 0.545. The van der Waals surface area contributed by atoms with Crippen molar-refractivity contribution in [3.05, 3.63) is 86.0 Å². The van der Waals surface area contributed by atoms with Gasteiger partial charge in [-0.15, -0.1) is 0 Å². The number of aryl methyl sites for hydroxylation is 1. The zero-order chi connectivity index (χ0) is 21.4. The van der Waals surface area contributed by atoms with Crippen LogP contribution < -0.4 is 4.90 Å². The fourth-order valence-corrected chi connectivity index (χ4v) is 4.47. The number of hydrogen-bond acceptors (Lipinski definition) is 6. The monoisotopic (exact) mass is 456 g/mol. The molecule has 1 saturated heterocycles. The van der Waals surface area contributed by atoms with Gasteiger partial charge in [-0.2, -0.15) is 0 Å². The van der Waals surface area contributed by atoms with Gasteiger partial charge in [0.1, 0.15) is 11.5 Å². The van der Waals surface area contributed by atoms with Crippen molar-refractivity contribution < 1.29 is 14.1 Å². The number of halogens is 1. The molecule has 1 aliphatic rings. The third kappa shape index (κ3) is 3.89. The molecule has 0 unspecified atom stereocenters. The lowest BCUT2D eigenvalue weighted by Crippen LogP contribution is -2.27. The summed E-state index contributed by atoms with van der Waals surface area (Å²) in [5.41, 5.74) is 2.05. The van der Waals surface area contributed by atoms with Crippen molar-refractivity contribution in [1.29, 1.82) is 0 Å². The first-order chi connectivity index (χ1) is 14.3. The van der Waals surface area contributed by atoms with E-state index >= 15 is 0 Å². The average Bonchev–Trinajstić information content (AvgIpc) is 3.26. The largest absolute Gasteiger partial charge is 0.457 e. The Bertz CT molecular complexity index is 1240. The van der Waals surface area contributed by atoms with E-state index in [1.54, 1.807) is 18.2 Å². The van der Waals surface area contributed by atoms with Gasteiger partial charge in [0.2, 0.25) is 0 Å². The van der Waals surface area contributed by atoms with Crippen molar-refractivity contribution in [3.63, 3.8) is 0 Å². The van der Waals surface area contributed by atoms with Crippen LogP contribution in [-0.2, 0) is 4.79 Å². The molecule has 0 spiro atoms. The first-order valence-corrected chi connectivity index (χ1v) is 10.3. The van der Waals surface area contributed by atoms with E-state index in [0.29, 0.717) is 37.0 Å². The Balaban J connectivity index is 1.64. The lowest BCUT2D eigenvalue weighted by molar-refractivity contribution is -0.384. The second kappa shape index (κ2) is 8.06. The number of rotatable bonds is 4. The fourth-order valence-electron chi connectivity index (χ4n) is 2.98. The number of furan rings is 1. The minimum Gasteiger partial charge on any atom is -0.457 e. The number of nitrogens with zero attached hydrogens (tertiary/aromatic N) is 2. The lowest BCUT2D eigenvalue weighted by atomic mass is 10.1. The van der Waals surface area contributed by atoms with Crippen LogP contribution in [0.4, 0.5) is 11.4 Å². The fraction of sp³-hybridized carbons (Fsp3) is 0.0476. The zero-order valence-electron chi connectivity index (χ0n) is 15.5. The van der Waals surface area contributed by atoms with Crippen LogP contribution in [0.1, 0.15) is 11.3 Å². The maximum absolute atomic E-state index is 12.9. The predicted molar refractivity (Wildman–Crippen MR) is 123 cm³/mol. The van der Waals surface area contributed by atoms with Crippen LogP contribution >= 0.6 is 35.6 Å². The van der Waals surface area contributed by atoms with Crippen LogP contribution in [0, 0.1) is 17.0 Å². The maximum Gasteiger partial charge on any atom is 0.270 e. The highest BCUT2D eigenvalue weighted by Gasteiger charge is 2.33. The third-order valence-corrected chi connectivity index (χ3v) is 6.01. The number of carbonyl (C=O) groups excluding carboxylic acids is 1. The van der Waals surface area contributed by atoms with Gasteiger partial charge < -0.3 is 4.42 Å². The number of hydrogen-bond donors (Lipinski definition) is 0. The van der Waals surface area contributed by atoms with Crippen LogP contribution in [0.15, 0.2) is 63.9 Å². The number of nitro benzene ring substituents is 1. The van der Waals surface area contributed by atoms with Gasteiger partial charge in [0, 0.05) is 23.8 Å². The highest BCUT2D eigenvalue weighted by molar-refractivity contribution is 8.27. The first kappa shape index (κ1) is 20.3. The smallest absolute Gasteiger partial charge is 0.270 e. The van der Waals surface area contributed by atoms with E-state index in [1.165, 1.54) is 34.9 Å². The van der Waals surface area contributed by atoms with Gasteiger partial charge in [-0.05, 0) is 42.8 Å². The summed E-state index contributed by atoms with van der Waals surface area (Å²) < 4.78 is 6.22. The Morgan fingerprint density at radius 1 is 1.20 bits per heavy atom. The molecule has 2 aromatic carbocycles. The third-order valence-electron chi connectivity index (χ3n) is 4.38. The van der Waals surface area contributed by atoms with E-state index in [2.05, 4.69) is 0 Å². The minimum atomic E-state index is -0.500. The molecule has 0 radical (unpaired) electrons. The van der Waals surface area contributed by atoms with Crippen molar-refractivity contribution in [2.24, 2.45) is 0 Å². The molecule has 2 heterocycles. The number of thiocarbonyl (C=S) groups is 1. The molecular weight excluding hydrogens is 444 g/mol. The number of thioether (sulfide) groups is 1. The van der Waals surface area contributed by atoms with Crippen molar-refractivity contribution >= 4 is 63.3 Å². The number of amides is 1. The van der Waals surface area contributed by atoms with Crippen LogP contribution in [0.3, 0.4) is 0 Å². The SMILES string of the molecule is Cc1cccc(N2C(=O)/C(=C/c3ccc(-c4cc([N+](=O)[O-])ccc4Cl)o3)SC2=S)c1. The summed E-state index contributed by atoms with van der Waals surface area (Å²) in [7, 11) is 0. The summed E-state index contributed by atoms with van der Waals surface area (Å²) in [4.78, 5) is 25.3. The van der Waals surface area contributed by atoms with E-state index in [-0.39, 0.29) is 11.6 Å². The highest BCUT2D eigenvalue weighted by Crippen LogP contribution is 2.38. The van der Waals surface area contributed by atoms with Crippen molar-refractivity contribution in [2.45, 2.75) is 6.92 Å². The maximum atomic E-state index is 12.9. The average molecular weight is 457 g/mol. The normalized spacial score (nSPS) is 15.3. The molecule has 1 aliphatic heterocycles. The molecule has 1 aromatic heterocycles. The summed E-state index contributed by atoms with van der Waals surface area (Å²) in [6, 6.07) is 15.0. The Morgan fingerprint density at radius 3 is 2.73 bits per heavy atom. The van der Waals surface area contributed by atoms with Gasteiger partial charge in [-0.25, -0.2) is 0 Å². The Hall–Kier alpha value is -2.94. The number of anilines is 1. The summed E-state index contributed by atoms with van der Waals surface area (Å²) in [5, 5.41) is 11.4. The predicted octanol–water partition coefficient (Wildman–Crippen LogP) is 6.22. The topological polar surface area (TPSA) is 76.6 Å². The molecule has 0 atom stereocenters. The molecule has 1 amide bonds. The van der Waals surface area contributed by atoms with Gasteiger partial charge >= 0.3 is 0 Å². The highest BCUT2D eigenvalue weighted by atomic mass is 35.5. The first-order valence-electron chi connectivity index (χ1n) is 8.72. The zero-order valence-corrected chi connectivity index (χ0v) is 17.9. The summed E-state index contributed by atoms with van der Waals surface area (Å²) in [6.45, 7) is 1.94. The second-order valence-electron chi connectivity index (χ2n) is 6.48. The van der Waals surface area contributed by atoms with Crippen molar-refractivity contribution in [1.82, 2.24) is 0 Å². The minimum absolute atomic E-state index is 0.0913. The van der Waals surface area contributed by atoms with Crippen LogP contribution in [-0.4, -0.2) is 15.2 Å². The van der Waals surface area contributed by atoms with Crippen molar-refractivity contribution in [3.8, 4) is 11.3 Å². The standard InChI is InChI=1S/C21H13ClN2O4S2/c1-12-3-2-4-13(9-12)23-20(25)19(30-21(23)29)11-15-6-8-18(28-15)16-10-14(24(26)27)5-7-17(16)22/h2-11H,1H3/b19-11-. The quantitative estimate of drug-likeness (QED) is 0.201. The number of benzene rings is 2. The Labute approximate surface area is 186 Å². The van der Waals surface area contributed by atoms with E-state index < -0.39 is 4.92 Å². The second-order valence-corrected chi connectivity index (χ2v) is 8.56. The van der Waals surface area contributed by atoms with E-state index in [9.17, 15) is 14.9 Å². The molecule has 0 aliphatic carbocycles. The molecule has 9 heteroatoms. The Morgan fingerprint density at radius 2 is 2.00 bits per heavy atom. The Kier molecular flexibility index (Phi) is 5.46. The van der Waals surface area contributed by atoms with Gasteiger partial charge in [0.25, 0.3) is 11.6 Å². The molecule has 6 nitrogen and oxygen atoms in total. The molecule has 150 valence electrons. The molecule has 4 rings (SSSR count). The molecule has 0 saturated carbocycles. The molecule has 1 fully saturated rings. The van der Waals surface area contributed by atoms with E-state index in [0.717, 1.165) is 5.56 Å². The van der Waals surface area contributed by atoms with Gasteiger partial charge in [-0.1, -0.05) is 47.7 Å². The lowest BCUT2D eigenvalue weighted by Gasteiger charge is -2.14. The number of carbonyl (C=O) groups is 1. The summed E-state index contributed by atoms with van der Waals surface area (Å²) in [6.07, 6.45) is 1.60. The molecule has 0 bridgehead atoms. The van der Waals surface area contributed by atoms with Crippen LogP contribution in [0.25, 0.3) is 17.4 Å². The van der Waals surface area contributed by atoms with E-state index in [4.69, 9.17) is 28.2 Å².